The van der Waals surface area contributed by atoms with Gasteiger partial charge in [-0.2, -0.15) is 17.4 Å². The summed E-state index contributed by atoms with van der Waals surface area (Å²) in [6.07, 6.45) is 3.34. The molecule has 0 amide bonds. The molecule has 0 saturated carbocycles. The lowest BCUT2D eigenvalue weighted by molar-refractivity contribution is -0.142. The molecule has 116 valence electrons. The van der Waals surface area contributed by atoms with Crippen LogP contribution in [0.2, 0.25) is 0 Å². The highest BCUT2D eigenvalue weighted by atomic mass is 32.2. The number of carboxylic acid groups (broad SMARTS) is 1. The molecule has 1 aliphatic heterocycles. The standard InChI is InChI=1S/C13H19N3O4S/c1-10-5-4-7-14-11(10)9-15-21(19,20)16-8-3-2-6-12(16)13(17)18/h4-5,7,12,15H,2-3,6,8-9H2,1H3,(H,17,18). The lowest BCUT2D eigenvalue weighted by Crippen LogP contribution is -2.52. The van der Waals surface area contributed by atoms with Crippen LogP contribution < -0.4 is 4.72 Å². The Hall–Kier alpha value is -1.51. The summed E-state index contributed by atoms with van der Waals surface area (Å²) in [6.45, 7) is 2.13. The number of pyridine rings is 1. The fourth-order valence-electron chi connectivity index (χ4n) is 2.39. The van der Waals surface area contributed by atoms with Gasteiger partial charge < -0.3 is 5.11 Å². The number of hydrogen-bond acceptors (Lipinski definition) is 4. The Morgan fingerprint density at radius 3 is 2.95 bits per heavy atom. The van der Waals surface area contributed by atoms with Gasteiger partial charge in [0.15, 0.2) is 0 Å². The van der Waals surface area contributed by atoms with Crippen molar-refractivity contribution in [1.82, 2.24) is 14.0 Å². The SMILES string of the molecule is Cc1cccnc1CNS(=O)(=O)N1CCCCC1C(=O)O. The van der Waals surface area contributed by atoms with E-state index in [0.29, 0.717) is 18.5 Å². The Morgan fingerprint density at radius 1 is 1.52 bits per heavy atom. The van der Waals surface area contributed by atoms with Gasteiger partial charge in [0.2, 0.25) is 0 Å². The molecule has 1 fully saturated rings. The fraction of sp³-hybridized carbons (Fsp3) is 0.538. The monoisotopic (exact) mass is 313 g/mol. The summed E-state index contributed by atoms with van der Waals surface area (Å²) < 4.78 is 28.1. The predicted molar refractivity (Wildman–Crippen MR) is 76.7 cm³/mol. The zero-order valence-corrected chi connectivity index (χ0v) is 12.6. The first-order valence-electron chi connectivity index (χ1n) is 6.81. The maximum absolute atomic E-state index is 12.3. The number of aromatic nitrogens is 1. The molecule has 1 aromatic heterocycles. The molecule has 21 heavy (non-hydrogen) atoms. The highest BCUT2D eigenvalue weighted by Crippen LogP contribution is 2.20. The van der Waals surface area contributed by atoms with E-state index in [0.717, 1.165) is 16.3 Å². The quantitative estimate of drug-likeness (QED) is 0.832. The summed E-state index contributed by atoms with van der Waals surface area (Å²) in [5.41, 5.74) is 1.51. The average molecular weight is 313 g/mol. The van der Waals surface area contributed by atoms with Gasteiger partial charge in [-0.05, 0) is 37.8 Å². The number of rotatable bonds is 5. The molecule has 8 heteroatoms. The molecule has 1 unspecified atom stereocenters. The molecule has 0 bridgehead atoms. The molecule has 2 rings (SSSR count). The molecule has 1 aromatic rings. The molecular weight excluding hydrogens is 294 g/mol. The third-order valence-electron chi connectivity index (χ3n) is 3.59. The van der Waals surface area contributed by atoms with Gasteiger partial charge in [0, 0.05) is 12.7 Å². The first-order chi connectivity index (χ1) is 9.92. The summed E-state index contributed by atoms with van der Waals surface area (Å²) in [4.78, 5) is 15.3. The number of hydrogen-bond donors (Lipinski definition) is 2. The van der Waals surface area contributed by atoms with Crippen molar-refractivity contribution in [1.29, 1.82) is 0 Å². The Labute approximate surface area is 124 Å². The predicted octanol–water partition coefficient (Wildman–Crippen LogP) is 0.664. The molecule has 0 spiro atoms. The molecule has 0 aromatic carbocycles. The van der Waals surface area contributed by atoms with E-state index in [4.69, 9.17) is 5.11 Å². The fourth-order valence-corrected chi connectivity index (χ4v) is 3.77. The molecule has 0 aliphatic carbocycles. The second-order valence-electron chi connectivity index (χ2n) is 5.05. The molecule has 7 nitrogen and oxygen atoms in total. The van der Waals surface area contributed by atoms with Crippen molar-refractivity contribution in [3.05, 3.63) is 29.6 Å². The van der Waals surface area contributed by atoms with Gasteiger partial charge in [-0.15, -0.1) is 0 Å². The minimum atomic E-state index is -3.83. The van der Waals surface area contributed by atoms with Crippen molar-refractivity contribution in [2.75, 3.05) is 6.54 Å². The van der Waals surface area contributed by atoms with Crippen LogP contribution in [-0.2, 0) is 21.5 Å². The lowest BCUT2D eigenvalue weighted by atomic mass is 10.1. The van der Waals surface area contributed by atoms with E-state index in [1.807, 2.05) is 13.0 Å². The van der Waals surface area contributed by atoms with Gasteiger partial charge >= 0.3 is 5.97 Å². The minimum absolute atomic E-state index is 0.0534. The summed E-state index contributed by atoms with van der Waals surface area (Å²) in [5, 5.41) is 9.16. The van der Waals surface area contributed by atoms with E-state index in [1.54, 1.807) is 12.3 Å². The van der Waals surface area contributed by atoms with Crippen molar-refractivity contribution in [2.24, 2.45) is 0 Å². The third-order valence-corrected chi connectivity index (χ3v) is 5.15. The van der Waals surface area contributed by atoms with Crippen LogP contribution in [0.25, 0.3) is 0 Å². The summed E-state index contributed by atoms with van der Waals surface area (Å²) in [6, 6.07) is 2.64. The van der Waals surface area contributed by atoms with E-state index in [-0.39, 0.29) is 13.1 Å². The van der Waals surface area contributed by atoms with Crippen LogP contribution in [0, 0.1) is 6.92 Å². The minimum Gasteiger partial charge on any atom is -0.480 e. The highest BCUT2D eigenvalue weighted by molar-refractivity contribution is 7.87. The van der Waals surface area contributed by atoms with Crippen LogP contribution in [0.3, 0.4) is 0 Å². The highest BCUT2D eigenvalue weighted by Gasteiger charge is 2.36. The van der Waals surface area contributed by atoms with Gasteiger partial charge in [0.25, 0.3) is 10.2 Å². The Kier molecular flexibility index (Phi) is 4.92. The average Bonchev–Trinajstić information content (AvgIpc) is 2.46. The second-order valence-corrected chi connectivity index (χ2v) is 6.76. The largest absolute Gasteiger partial charge is 0.480 e. The maximum atomic E-state index is 12.3. The second kappa shape index (κ2) is 6.50. The number of carboxylic acids is 1. The van der Waals surface area contributed by atoms with Crippen LogP contribution >= 0.6 is 0 Å². The number of nitrogens with one attached hydrogen (secondary N) is 1. The zero-order chi connectivity index (χ0) is 15.5. The van der Waals surface area contributed by atoms with Gasteiger partial charge in [-0.25, -0.2) is 0 Å². The van der Waals surface area contributed by atoms with Crippen molar-refractivity contribution in [3.63, 3.8) is 0 Å². The Bertz CT molecular complexity index is 618. The normalized spacial score (nSPS) is 20.3. The van der Waals surface area contributed by atoms with Crippen molar-refractivity contribution in [3.8, 4) is 0 Å². The maximum Gasteiger partial charge on any atom is 0.322 e. The van der Waals surface area contributed by atoms with Crippen molar-refractivity contribution in [2.45, 2.75) is 38.8 Å². The Balaban J connectivity index is 2.10. The van der Waals surface area contributed by atoms with Gasteiger partial charge in [-0.1, -0.05) is 6.07 Å². The van der Waals surface area contributed by atoms with Gasteiger partial charge in [-0.3, -0.25) is 9.78 Å². The smallest absolute Gasteiger partial charge is 0.322 e. The van der Waals surface area contributed by atoms with Crippen molar-refractivity contribution >= 4 is 16.2 Å². The van der Waals surface area contributed by atoms with Crippen LogP contribution in [0.15, 0.2) is 18.3 Å². The zero-order valence-electron chi connectivity index (χ0n) is 11.8. The van der Waals surface area contributed by atoms with E-state index >= 15 is 0 Å². The van der Waals surface area contributed by atoms with Crippen LogP contribution in [0.1, 0.15) is 30.5 Å². The van der Waals surface area contributed by atoms with Crippen LogP contribution in [-0.4, -0.2) is 41.4 Å². The molecule has 1 atom stereocenters. The molecular formula is C13H19N3O4S. The Morgan fingerprint density at radius 2 is 2.29 bits per heavy atom. The molecule has 2 heterocycles. The van der Waals surface area contributed by atoms with E-state index in [1.165, 1.54) is 0 Å². The molecule has 1 aliphatic rings. The van der Waals surface area contributed by atoms with Gasteiger partial charge in [0.1, 0.15) is 6.04 Å². The lowest BCUT2D eigenvalue weighted by Gasteiger charge is -2.31. The number of aryl methyl sites for hydroxylation is 1. The van der Waals surface area contributed by atoms with Crippen molar-refractivity contribution < 1.29 is 18.3 Å². The van der Waals surface area contributed by atoms with E-state index in [2.05, 4.69) is 9.71 Å². The molecule has 0 radical (unpaired) electrons. The number of carbonyl (C=O) groups is 1. The molecule has 1 saturated heterocycles. The number of aliphatic carboxylic acids is 1. The summed E-state index contributed by atoms with van der Waals surface area (Å²) in [7, 11) is -3.83. The van der Waals surface area contributed by atoms with E-state index in [9.17, 15) is 13.2 Å². The van der Waals surface area contributed by atoms with Crippen LogP contribution in [0.5, 0.6) is 0 Å². The number of nitrogens with zero attached hydrogens (tertiary/aromatic N) is 2. The van der Waals surface area contributed by atoms with E-state index < -0.39 is 22.2 Å². The number of piperidine rings is 1. The summed E-state index contributed by atoms with van der Waals surface area (Å²) >= 11 is 0. The molecule has 2 N–H and O–H groups in total. The van der Waals surface area contributed by atoms with Gasteiger partial charge in [0.05, 0.1) is 12.2 Å². The van der Waals surface area contributed by atoms with Crippen LogP contribution in [0.4, 0.5) is 0 Å². The third kappa shape index (κ3) is 3.78. The first kappa shape index (κ1) is 15.9. The summed E-state index contributed by atoms with van der Waals surface area (Å²) in [5.74, 6) is -1.10. The first-order valence-corrected chi connectivity index (χ1v) is 8.25. The topological polar surface area (TPSA) is 99.6 Å².